The molecule has 4 heteroatoms. The van der Waals surface area contributed by atoms with E-state index in [4.69, 9.17) is 22.1 Å². The van der Waals surface area contributed by atoms with E-state index in [1.165, 1.54) is 6.20 Å². The zero-order valence-electron chi connectivity index (χ0n) is 7.85. The molecule has 0 saturated carbocycles. The van der Waals surface area contributed by atoms with Crippen LogP contribution in [0.5, 0.6) is 11.5 Å². The summed E-state index contributed by atoms with van der Waals surface area (Å²) in [7, 11) is 0. The zero-order valence-corrected chi connectivity index (χ0v) is 8.61. The Morgan fingerprint density at radius 2 is 1.93 bits per heavy atom. The molecular formula is C11H9ClN2O. The third-order valence-corrected chi connectivity index (χ3v) is 2.03. The highest BCUT2D eigenvalue weighted by molar-refractivity contribution is 6.30. The quantitative estimate of drug-likeness (QED) is 0.846. The summed E-state index contributed by atoms with van der Waals surface area (Å²) in [6.45, 7) is 0. The van der Waals surface area contributed by atoms with Gasteiger partial charge in [0.05, 0.1) is 5.02 Å². The van der Waals surface area contributed by atoms with Crippen LogP contribution < -0.4 is 10.5 Å². The van der Waals surface area contributed by atoms with Gasteiger partial charge in [-0.25, -0.2) is 4.98 Å². The molecule has 0 unspecified atom stereocenters. The van der Waals surface area contributed by atoms with Gasteiger partial charge < -0.3 is 10.5 Å². The Morgan fingerprint density at radius 1 is 1.20 bits per heavy atom. The summed E-state index contributed by atoms with van der Waals surface area (Å²) in [6, 6.07) is 11.0. The lowest BCUT2D eigenvalue weighted by atomic mass is 10.3. The number of nitrogens with two attached hydrogens (primary N) is 1. The molecule has 0 amide bonds. The Morgan fingerprint density at radius 3 is 2.67 bits per heavy atom. The number of benzene rings is 1. The molecule has 0 radical (unpaired) electrons. The van der Waals surface area contributed by atoms with E-state index in [9.17, 15) is 0 Å². The summed E-state index contributed by atoms with van der Waals surface area (Å²) in [5.74, 6) is 1.49. The molecule has 0 atom stereocenters. The van der Waals surface area contributed by atoms with Crippen molar-refractivity contribution in [2.24, 2.45) is 0 Å². The predicted molar refractivity (Wildman–Crippen MR) is 60.2 cm³/mol. The van der Waals surface area contributed by atoms with Crippen molar-refractivity contribution in [1.82, 2.24) is 4.98 Å². The Balaban J connectivity index is 2.28. The molecule has 0 saturated heterocycles. The van der Waals surface area contributed by atoms with Crippen LogP contribution in [0.3, 0.4) is 0 Å². The molecule has 0 spiro atoms. The summed E-state index contributed by atoms with van der Waals surface area (Å²) in [4.78, 5) is 3.90. The van der Waals surface area contributed by atoms with Gasteiger partial charge in [0, 0.05) is 12.3 Å². The average Bonchev–Trinajstić information content (AvgIpc) is 2.25. The second kappa shape index (κ2) is 4.19. The number of hydrogen-bond donors (Lipinski definition) is 1. The number of nitrogens with zero attached hydrogens (tertiary/aromatic N) is 1. The molecule has 1 aromatic carbocycles. The first-order chi connectivity index (χ1) is 7.25. The van der Waals surface area contributed by atoms with Crippen molar-refractivity contribution in [3.8, 4) is 11.5 Å². The number of halogens is 1. The lowest BCUT2D eigenvalue weighted by Gasteiger charge is -2.07. The fraction of sp³-hybridized carbons (Fsp3) is 0. The van der Waals surface area contributed by atoms with E-state index in [0.29, 0.717) is 22.3 Å². The van der Waals surface area contributed by atoms with Crippen molar-refractivity contribution >= 4 is 17.4 Å². The first-order valence-electron chi connectivity index (χ1n) is 4.39. The number of nitrogen functional groups attached to an aromatic ring is 1. The number of aromatic nitrogens is 1. The number of para-hydroxylation sites is 1. The number of rotatable bonds is 2. The van der Waals surface area contributed by atoms with Crippen molar-refractivity contribution < 1.29 is 4.74 Å². The number of hydrogen-bond acceptors (Lipinski definition) is 3. The topological polar surface area (TPSA) is 48.1 Å². The molecule has 0 aliphatic heterocycles. The average molecular weight is 221 g/mol. The standard InChI is InChI=1S/C11H9ClN2O/c12-8-6-10(11(13)14-7-8)15-9-4-2-1-3-5-9/h1-7H,(H2,13,14). The van der Waals surface area contributed by atoms with Gasteiger partial charge in [0.15, 0.2) is 11.6 Å². The van der Waals surface area contributed by atoms with E-state index in [2.05, 4.69) is 4.98 Å². The molecule has 2 rings (SSSR count). The van der Waals surface area contributed by atoms with Crippen molar-refractivity contribution in [2.75, 3.05) is 5.73 Å². The van der Waals surface area contributed by atoms with Crippen molar-refractivity contribution in [3.63, 3.8) is 0 Å². The summed E-state index contributed by atoms with van der Waals surface area (Å²) in [5.41, 5.74) is 5.64. The van der Waals surface area contributed by atoms with Crippen molar-refractivity contribution in [1.29, 1.82) is 0 Å². The van der Waals surface area contributed by atoms with Gasteiger partial charge in [-0.15, -0.1) is 0 Å². The molecule has 76 valence electrons. The molecule has 0 bridgehead atoms. The van der Waals surface area contributed by atoms with E-state index in [-0.39, 0.29) is 0 Å². The molecule has 0 aliphatic rings. The fourth-order valence-electron chi connectivity index (χ4n) is 1.13. The third kappa shape index (κ3) is 2.39. The Kier molecular flexibility index (Phi) is 2.74. The molecule has 0 fully saturated rings. The SMILES string of the molecule is Nc1ncc(Cl)cc1Oc1ccccc1. The fourth-order valence-corrected chi connectivity index (χ4v) is 1.28. The highest BCUT2D eigenvalue weighted by Crippen LogP contribution is 2.27. The molecule has 15 heavy (non-hydrogen) atoms. The monoisotopic (exact) mass is 220 g/mol. The van der Waals surface area contributed by atoms with Gasteiger partial charge in [-0.1, -0.05) is 29.8 Å². The van der Waals surface area contributed by atoms with Crippen LogP contribution in [0.4, 0.5) is 5.82 Å². The molecule has 1 aromatic heterocycles. The van der Waals surface area contributed by atoms with Crippen LogP contribution in [0.15, 0.2) is 42.6 Å². The third-order valence-electron chi connectivity index (χ3n) is 1.82. The maximum atomic E-state index is 5.78. The van der Waals surface area contributed by atoms with E-state index >= 15 is 0 Å². The van der Waals surface area contributed by atoms with Crippen molar-refractivity contribution in [3.05, 3.63) is 47.6 Å². The maximum absolute atomic E-state index is 5.78. The van der Waals surface area contributed by atoms with Gasteiger partial charge in [-0.3, -0.25) is 0 Å². The first-order valence-corrected chi connectivity index (χ1v) is 4.77. The molecular weight excluding hydrogens is 212 g/mol. The lowest BCUT2D eigenvalue weighted by molar-refractivity contribution is 0.483. The van der Waals surface area contributed by atoms with E-state index in [0.717, 1.165) is 0 Å². The Labute approximate surface area is 92.5 Å². The van der Waals surface area contributed by atoms with Crippen LogP contribution in [0, 0.1) is 0 Å². The van der Waals surface area contributed by atoms with Gasteiger partial charge in [-0.05, 0) is 12.1 Å². The van der Waals surface area contributed by atoms with Crippen LogP contribution in [-0.2, 0) is 0 Å². The molecule has 3 nitrogen and oxygen atoms in total. The maximum Gasteiger partial charge on any atom is 0.170 e. The van der Waals surface area contributed by atoms with Gasteiger partial charge in [0.1, 0.15) is 5.75 Å². The van der Waals surface area contributed by atoms with E-state index in [1.54, 1.807) is 6.07 Å². The normalized spacial score (nSPS) is 9.93. The van der Waals surface area contributed by atoms with Crippen LogP contribution >= 0.6 is 11.6 Å². The van der Waals surface area contributed by atoms with Gasteiger partial charge >= 0.3 is 0 Å². The van der Waals surface area contributed by atoms with Gasteiger partial charge in [0.2, 0.25) is 0 Å². The number of pyridine rings is 1. The largest absolute Gasteiger partial charge is 0.453 e. The Bertz CT molecular complexity index is 459. The van der Waals surface area contributed by atoms with Gasteiger partial charge in [0.25, 0.3) is 0 Å². The van der Waals surface area contributed by atoms with E-state index < -0.39 is 0 Å². The first kappa shape index (κ1) is 9.80. The minimum atomic E-state index is 0.322. The lowest BCUT2D eigenvalue weighted by Crippen LogP contribution is -1.94. The minimum absolute atomic E-state index is 0.322. The number of anilines is 1. The minimum Gasteiger partial charge on any atom is -0.453 e. The molecule has 1 heterocycles. The Hall–Kier alpha value is -1.74. The van der Waals surface area contributed by atoms with Gasteiger partial charge in [-0.2, -0.15) is 0 Å². The smallest absolute Gasteiger partial charge is 0.170 e. The summed E-state index contributed by atoms with van der Waals surface area (Å²) >= 11 is 5.78. The molecule has 0 aliphatic carbocycles. The van der Waals surface area contributed by atoms with Crippen LogP contribution in [-0.4, -0.2) is 4.98 Å². The van der Waals surface area contributed by atoms with Crippen LogP contribution in [0.2, 0.25) is 5.02 Å². The molecule has 2 N–H and O–H groups in total. The van der Waals surface area contributed by atoms with E-state index in [1.807, 2.05) is 30.3 Å². The predicted octanol–water partition coefficient (Wildman–Crippen LogP) is 3.11. The summed E-state index contributed by atoms with van der Waals surface area (Å²) in [5, 5.41) is 0.495. The second-order valence-electron chi connectivity index (χ2n) is 2.95. The second-order valence-corrected chi connectivity index (χ2v) is 3.39. The number of ether oxygens (including phenoxy) is 1. The summed E-state index contributed by atoms with van der Waals surface area (Å²) < 4.78 is 5.52. The zero-order chi connectivity index (χ0) is 10.7. The van der Waals surface area contributed by atoms with Crippen LogP contribution in [0.1, 0.15) is 0 Å². The van der Waals surface area contributed by atoms with Crippen LogP contribution in [0.25, 0.3) is 0 Å². The van der Waals surface area contributed by atoms with Crippen molar-refractivity contribution in [2.45, 2.75) is 0 Å². The highest BCUT2D eigenvalue weighted by atomic mass is 35.5. The summed E-state index contributed by atoms with van der Waals surface area (Å²) in [6.07, 6.45) is 1.48. The molecule has 2 aromatic rings. The highest BCUT2D eigenvalue weighted by Gasteiger charge is 2.03.